The number of ether oxygens (including phenoxy) is 2. The molecule has 1 fully saturated rings. The first kappa shape index (κ1) is 14.4. The van der Waals surface area contributed by atoms with Crippen LogP contribution in [0.4, 0.5) is 0 Å². The van der Waals surface area contributed by atoms with Crippen molar-refractivity contribution in [1.29, 1.82) is 0 Å². The van der Waals surface area contributed by atoms with Crippen LogP contribution in [0.2, 0.25) is 0 Å². The molecule has 1 aromatic carbocycles. The Morgan fingerprint density at radius 3 is 2.53 bits per heavy atom. The lowest BCUT2D eigenvalue weighted by atomic mass is 9.92. The van der Waals surface area contributed by atoms with Crippen LogP contribution in [-0.4, -0.2) is 32.9 Å². The minimum absolute atomic E-state index is 0.449. The predicted molar refractivity (Wildman–Crippen MR) is 76.5 cm³/mol. The second-order valence-electron chi connectivity index (χ2n) is 5.34. The van der Waals surface area contributed by atoms with Crippen LogP contribution in [0.3, 0.4) is 0 Å². The third-order valence-corrected chi connectivity index (χ3v) is 4.12. The minimum atomic E-state index is 0.449. The van der Waals surface area contributed by atoms with Crippen LogP contribution in [-0.2, 0) is 11.2 Å². The first-order chi connectivity index (χ1) is 9.33. The van der Waals surface area contributed by atoms with Gasteiger partial charge >= 0.3 is 0 Å². The molecule has 0 aromatic heterocycles. The van der Waals surface area contributed by atoms with Crippen LogP contribution in [0.15, 0.2) is 24.3 Å². The molecule has 1 saturated carbocycles. The van der Waals surface area contributed by atoms with Crippen LogP contribution in [0.25, 0.3) is 0 Å². The molecule has 3 nitrogen and oxygen atoms in total. The molecule has 106 valence electrons. The summed E-state index contributed by atoms with van der Waals surface area (Å²) in [5.41, 5.74) is 1.38. The van der Waals surface area contributed by atoms with Crippen molar-refractivity contribution in [1.82, 2.24) is 0 Å². The van der Waals surface area contributed by atoms with Crippen LogP contribution in [0, 0.1) is 0 Å². The zero-order valence-corrected chi connectivity index (χ0v) is 12.1. The Bertz CT molecular complexity index is 364. The van der Waals surface area contributed by atoms with Crippen LogP contribution >= 0.6 is 0 Å². The normalized spacial score (nSPS) is 23.3. The molecule has 0 radical (unpaired) electrons. The molecule has 1 aromatic rings. The fraction of sp³-hybridized carbons (Fsp3) is 0.625. The first-order valence-corrected chi connectivity index (χ1v) is 7.32. The monoisotopic (exact) mass is 264 g/mol. The maximum atomic E-state index is 5.59. The highest BCUT2D eigenvalue weighted by Crippen LogP contribution is 2.18. The van der Waals surface area contributed by atoms with Gasteiger partial charge in [0.1, 0.15) is 17.9 Å². The highest BCUT2D eigenvalue weighted by atomic mass is 16.5. The molecule has 1 aliphatic rings. The maximum Gasteiger partial charge on any atom is 0.118 e. The summed E-state index contributed by atoms with van der Waals surface area (Å²) in [4.78, 5) is 0. The van der Waals surface area contributed by atoms with Gasteiger partial charge in [0.05, 0.1) is 13.7 Å². The van der Waals surface area contributed by atoms with E-state index in [0.29, 0.717) is 12.1 Å². The van der Waals surface area contributed by atoms with Crippen LogP contribution in [0.1, 0.15) is 31.2 Å². The lowest BCUT2D eigenvalue weighted by molar-refractivity contribution is -0.698. The molecule has 3 heteroatoms. The molecule has 0 unspecified atom stereocenters. The minimum Gasteiger partial charge on any atom is -0.497 e. The summed E-state index contributed by atoms with van der Waals surface area (Å²) in [6.07, 6.45) is 6.74. The van der Waals surface area contributed by atoms with Crippen LogP contribution < -0.4 is 10.1 Å². The third-order valence-electron chi connectivity index (χ3n) is 4.12. The van der Waals surface area contributed by atoms with E-state index in [1.165, 1.54) is 31.2 Å². The maximum absolute atomic E-state index is 5.59. The van der Waals surface area contributed by atoms with E-state index in [9.17, 15) is 0 Å². The highest BCUT2D eigenvalue weighted by molar-refractivity contribution is 5.27. The van der Waals surface area contributed by atoms with E-state index in [1.54, 1.807) is 7.11 Å². The number of methoxy groups -OCH3 is 2. The summed E-state index contributed by atoms with van der Waals surface area (Å²) in [6, 6.07) is 9.03. The molecule has 0 spiro atoms. The van der Waals surface area contributed by atoms with Crippen molar-refractivity contribution < 1.29 is 14.8 Å². The largest absolute Gasteiger partial charge is 0.497 e. The molecule has 0 bridgehead atoms. The molecule has 2 atom stereocenters. The Kier molecular flexibility index (Phi) is 5.67. The lowest BCUT2D eigenvalue weighted by Gasteiger charge is -2.28. The van der Waals surface area contributed by atoms with E-state index in [-0.39, 0.29) is 0 Å². The summed E-state index contributed by atoms with van der Waals surface area (Å²) < 4.78 is 10.8. The van der Waals surface area contributed by atoms with E-state index in [1.807, 2.05) is 19.2 Å². The highest BCUT2D eigenvalue weighted by Gasteiger charge is 2.27. The summed E-state index contributed by atoms with van der Waals surface area (Å²) in [5.74, 6) is 0.930. The smallest absolute Gasteiger partial charge is 0.118 e. The van der Waals surface area contributed by atoms with Gasteiger partial charge in [0.2, 0.25) is 0 Å². The second kappa shape index (κ2) is 7.51. The van der Waals surface area contributed by atoms with Gasteiger partial charge in [0.25, 0.3) is 0 Å². The van der Waals surface area contributed by atoms with Gasteiger partial charge < -0.3 is 14.8 Å². The molecule has 0 amide bonds. The average Bonchev–Trinajstić information content (AvgIpc) is 2.48. The molecule has 2 N–H and O–H groups in total. The Balaban J connectivity index is 1.75. The zero-order valence-electron chi connectivity index (χ0n) is 12.1. The molecule has 2 rings (SSSR count). The van der Waals surface area contributed by atoms with Crippen molar-refractivity contribution in [2.24, 2.45) is 0 Å². The van der Waals surface area contributed by atoms with Gasteiger partial charge in [-0.15, -0.1) is 0 Å². The molecular formula is C16H26NO2+. The van der Waals surface area contributed by atoms with Crippen molar-refractivity contribution in [3.63, 3.8) is 0 Å². The Hall–Kier alpha value is -1.06. The van der Waals surface area contributed by atoms with Gasteiger partial charge in [-0.2, -0.15) is 0 Å². The van der Waals surface area contributed by atoms with Crippen molar-refractivity contribution >= 4 is 0 Å². The van der Waals surface area contributed by atoms with Gasteiger partial charge in [-0.3, -0.25) is 0 Å². The number of benzene rings is 1. The number of hydrogen-bond donors (Lipinski definition) is 1. The fourth-order valence-corrected chi connectivity index (χ4v) is 2.94. The Labute approximate surface area is 116 Å². The third kappa shape index (κ3) is 4.22. The van der Waals surface area contributed by atoms with E-state index >= 15 is 0 Å². The Morgan fingerprint density at radius 1 is 1.11 bits per heavy atom. The van der Waals surface area contributed by atoms with Gasteiger partial charge in [0, 0.05) is 20.0 Å². The first-order valence-electron chi connectivity index (χ1n) is 7.32. The second-order valence-corrected chi connectivity index (χ2v) is 5.34. The molecule has 1 aliphatic carbocycles. The van der Waals surface area contributed by atoms with E-state index in [0.717, 1.165) is 18.7 Å². The molecule has 0 heterocycles. The fourth-order valence-electron chi connectivity index (χ4n) is 2.94. The van der Waals surface area contributed by atoms with Gasteiger partial charge in [-0.1, -0.05) is 18.6 Å². The average molecular weight is 264 g/mol. The topological polar surface area (TPSA) is 35.1 Å². The zero-order chi connectivity index (χ0) is 13.5. The van der Waals surface area contributed by atoms with Crippen molar-refractivity contribution in [3.8, 4) is 5.75 Å². The molecule has 0 saturated heterocycles. The number of nitrogens with two attached hydrogens (primary N) is 1. The van der Waals surface area contributed by atoms with E-state index in [4.69, 9.17) is 9.47 Å². The Morgan fingerprint density at radius 2 is 1.84 bits per heavy atom. The van der Waals surface area contributed by atoms with Gasteiger partial charge in [-0.25, -0.2) is 0 Å². The van der Waals surface area contributed by atoms with Crippen molar-refractivity contribution in [2.45, 2.75) is 44.2 Å². The number of quaternary nitrogens is 1. The SMILES string of the molecule is COc1ccc(CC[NH2+][C@@H]2CCCC[C@H]2OC)cc1. The van der Waals surface area contributed by atoms with E-state index in [2.05, 4.69) is 17.4 Å². The van der Waals surface area contributed by atoms with E-state index < -0.39 is 0 Å². The lowest BCUT2D eigenvalue weighted by Crippen LogP contribution is -2.93. The van der Waals surface area contributed by atoms with Crippen molar-refractivity contribution in [3.05, 3.63) is 29.8 Å². The number of hydrogen-bond acceptors (Lipinski definition) is 2. The standard InChI is InChI=1S/C16H25NO2/c1-18-14-9-7-13(8-10-14)11-12-17-15-5-3-4-6-16(15)19-2/h7-10,15-17H,3-6,11-12H2,1-2H3/p+1/t15-,16-/m1/s1. The predicted octanol–water partition coefficient (Wildman–Crippen LogP) is 1.76. The number of rotatable bonds is 6. The summed E-state index contributed by atoms with van der Waals surface area (Å²) in [7, 11) is 3.55. The van der Waals surface area contributed by atoms with Crippen LogP contribution in [0.5, 0.6) is 5.75 Å². The van der Waals surface area contributed by atoms with Crippen molar-refractivity contribution in [2.75, 3.05) is 20.8 Å². The quantitative estimate of drug-likeness (QED) is 0.849. The van der Waals surface area contributed by atoms with Gasteiger partial charge in [-0.05, 0) is 30.5 Å². The van der Waals surface area contributed by atoms with Gasteiger partial charge in [0.15, 0.2) is 0 Å². The summed E-state index contributed by atoms with van der Waals surface area (Å²) in [6.45, 7) is 1.14. The molecular weight excluding hydrogens is 238 g/mol. The summed E-state index contributed by atoms with van der Waals surface area (Å²) in [5, 5.41) is 2.47. The molecule has 0 aliphatic heterocycles. The molecule has 19 heavy (non-hydrogen) atoms. The summed E-state index contributed by atoms with van der Waals surface area (Å²) >= 11 is 0.